The van der Waals surface area contributed by atoms with Gasteiger partial charge in [-0.05, 0) is 91.2 Å². The number of carbonyl (C=O) groups excluding carboxylic acids is 2. The average molecular weight is 645 g/mol. The lowest BCUT2D eigenvalue weighted by molar-refractivity contribution is -0.118. The third-order valence-corrected chi connectivity index (χ3v) is 7.92. The molecule has 1 heterocycles. The standard InChI is InChI=1S/C33H27Cl2N5O3S/c1-20-4-3-5-28(21(20)2)38-31(41)18-43-30-15-6-22(16-27(30)35)17-36-40-32(42)24-9-7-23(8-10-24)29-19-44-33(39-29)37-26-13-11-25(34)12-14-26/h3-17,19H,18H2,1-2H3,(H,37,39)(H,38,41)(H,40,42)/b36-17-. The number of nitrogens with one attached hydrogen (secondary N) is 3. The number of anilines is 3. The SMILES string of the molecule is Cc1cccc(NC(=O)COc2ccc(/C=N\NC(=O)c3ccc(-c4csc(Nc5ccc(Cl)cc5)n4)cc3)cc2Cl)c1C. The number of carbonyl (C=O) groups is 2. The molecular weight excluding hydrogens is 617 g/mol. The van der Waals surface area contributed by atoms with E-state index in [9.17, 15) is 9.59 Å². The Kier molecular flexibility index (Phi) is 9.91. The predicted octanol–water partition coefficient (Wildman–Crippen LogP) is 8.26. The van der Waals surface area contributed by atoms with Crippen molar-refractivity contribution < 1.29 is 14.3 Å². The molecular formula is C33H27Cl2N5O3S. The molecule has 0 saturated carbocycles. The number of halogens is 2. The minimum atomic E-state index is -0.364. The lowest BCUT2D eigenvalue weighted by Gasteiger charge is -2.12. The van der Waals surface area contributed by atoms with Gasteiger partial charge in [-0.1, -0.05) is 47.5 Å². The first-order valence-electron chi connectivity index (χ1n) is 13.5. The van der Waals surface area contributed by atoms with E-state index in [1.807, 2.05) is 73.8 Å². The number of rotatable bonds is 10. The van der Waals surface area contributed by atoms with Crippen LogP contribution >= 0.6 is 34.5 Å². The van der Waals surface area contributed by atoms with Crippen LogP contribution in [0.4, 0.5) is 16.5 Å². The van der Waals surface area contributed by atoms with E-state index >= 15 is 0 Å². The van der Waals surface area contributed by atoms with E-state index in [1.54, 1.807) is 30.3 Å². The van der Waals surface area contributed by atoms with Gasteiger partial charge < -0.3 is 15.4 Å². The number of aryl methyl sites for hydroxylation is 1. The summed E-state index contributed by atoms with van der Waals surface area (Å²) in [6, 6.07) is 25.2. The first-order valence-corrected chi connectivity index (χ1v) is 15.1. The summed E-state index contributed by atoms with van der Waals surface area (Å²) in [4.78, 5) is 29.6. The summed E-state index contributed by atoms with van der Waals surface area (Å²) in [6.07, 6.45) is 1.47. The Balaban J connectivity index is 1.11. The van der Waals surface area contributed by atoms with Crippen LogP contribution in [0.15, 0.2) is 95.4 Å². The van der Waals surface area contributed by atoms with Crippen molar-refractivity contribution in [3.63, 3.8) is 0 Å². The normalized spacial score (nSPS) is 10.9. The van der Waals surface area contributed by atoms with Crippen LogP contribution in [0.2, 0.25) is 10.0 Å². The molecule has 3 N–H and O–H groups in total. The smallest absolute Gasteiger partial charge is 0.271 e. The number of ether oxygens (including phenoxy) is 1. The molecule has 0 unspecified atom stereocenters. The van der Waals surface area contributed by atoms with Gasteiger partial charge in [-0.3, -0.25) is 9.59 Å². The molecule has 4 aromatic carbocycles. The van der Waals surface area contributed by atoms with Crippen molar-refractivity contribution in [3.8, 4) is 17.0 Å². The van der Waals surface area contributed by atoms with Gasteiger partial charge >= 0.3 is 0 Å². The monoisotopic (exact) mass is 643 g/mol. The summed E-state index contributed by atoms with van der Waals surface area (Å²) in [5.74, 6) is -0.298. The minimum Gasteiger partial charge on any atom is -0.482 e. The number of nitrogens with zero attached hydrogens (tertiary/aromatic N) is 2. The van der Waals surface area contributed by atoms with Crippen LogP contribution < -0.4 is 20.8 Å². The van der Waals surface area contributed by atoms with Crippen LogP contribution in [0.3, 0.4) is 0 Å². The number of hydrogen-bond acceptors (Lipinski definition) is 7. The number of hydrogen-bond donors (Lipinski definition) is 3. The third kappa shape index (κ3) is 8.02. The van der Waals surface area contributed by atoms with Crippen LogP contribution in [-0.4, -0.2) is 29.6 Å². The van der Waals surface area contributed by atoms with Crippen LogP contribution in [-0.2, 0) is 4.79 Å². The van der Waals surface area contributed by atoms with Crippen LogP contribution in [0.1, 0.15) is 27.0 Å². The van der Waals surface area contributed by atoms with Crippen molar-refractivity contribution >= 4 is 69.1 Å². The van der Waals surface area contributed by atoms with Crippen molar-refractivity contribution in [1.29, 1.82) is 0 Å². The van der Waals surface area contributed by atoms with E-state index < -0.39 is 0 Å². The molecule has 0 aliphatic rings. The van der Waals surface area contributed by atoms with E-state index in [2.05, 4.69) is 26.1 Å². The molecule has 222 valence electrons. The highest BCUT2D eigenvalue weighted by molar-refractivity contribution is 7.14. The van der Waals surface area contributed by atoms with Gasteiger partial charge in [-0.25, -0.2) is 10.4 Å². The van der Waals surface area contributed by atoms with Gasteiger partial charge in [-0.2, -0.15) is 5.10 Å². The zero-order chi connectivity index (χ0) is 31.1. The first kappa shape index (κ1) is 30.7. The van der Waals surface area contributed by atoms with Crippen molar-refractivity contribution in [2.45, 2.75) is 13.8 Å². The Labute approximate surface area is 268 Å². The maximum atomic E-state index is 12.6. The van der Waals surface area contributed by atoms with Gasteiger partial charge in [0.05, 0.1) is 16.9 Å². The quantitative estimate of drug-likeness (QED) is 0.105. The van der Waals surface area contributed by atoms with Crippen LogP contribution in [0, 0.1) is 13.8 Å². The van der Waals surface area contributed by atoms with Crippen molar-refractivity contribution in [2.24, 2.45) is 5.10 Å². The Morgan fingerprint density at radius 3 is 2.50 bits per heavy atom. The summed E-state index contributed by atoms with van der Waals surface area (Å²) in [5.41, 5.74) is 9.00. The maximum absolute atomic E-state index is 12.6. The summed E-state index contributed by atoms with van der Waals surface area (Å²) < 4.78 is 5.60. The fourth-order valence-electron chi connectivity index (χ4n) is 4.07. The highest BCUT2D eigenvalue weighted by Crippen LogP contribution is 2.28. The van der Waals surface area contributed by atoms with E-state index in [0.29, 0.717) is 26.9 Å². The minimum absolute atomic E-state index is 0.195. The van der Waals surface area contributed by atoms with Gasteiger partial charge in [0.25, 0.3) is 11.8 Å². The predicted molar refractivity (Wildman–Crippen MR) is 179 cm³/mol. The van der Waals surface area contributed by atoms with Gasteiger partial charge in [0.2, 0.25) is 0 Å². The molecule has 0 bridgehead atoms. The first-order chi connectivity index (χ1) is 21.2. The lowest BCUT2D eigenvalue weighted by Crippen LogP contribution is -2.21. The highest BCUT2D eigenvalue weighted by Gasteiger charge is 2.11. The molecule has 0 fully saturated rings. The molecule has 0 spiro atoms. The fourth-order valence-corrected chi connectivity index (χ4v) is 5.18. The zero-order valence-corrected chi connectivity index (χ0v) is 26.1. The number of benzene rings is 4. The Hall–Kier alpha value is -4.70. The lowest BCUT2D eigenvalue weighted by atomic mass is 10.1. The van der Waals surface area contributed by atoms with Crippen LogP contribution in [0.25, 0.3) is 11.3 Å². The summed E-state index contributed by atoms with van der Waals surface area (Å²) in [5, 5.41) is 13.8. The Morgan fingerprint density at radius 1 is 0.977 bits per heavy atom. The van der Waals surface area contributed by atoms with Crippen LogP contribution in [0.5, 0.6) is 5.75 Å². The van der Waals surface area contributed by atoms with Gasteiger partial charge in [0.15, 0.2) is 11.7 Å². The molecule has 0 saturated heterocycles. The van der Waals surface area contributed by atoms with E-state index in [0.717, 1.165) is 38.9 Å². The van der Waals surface area contributed by atoms with Gasteiger partial charge in [0, 0.05) is 32.9 Å². The zero-order valence-electron chi connectivity index (χ0n) is 23.7. The van der Waals surface area contributed by atoms with Gasteiger partial charge in [0.1, 0.15) is 5.75 Å². The molecule has 0 atom stereocenters. The molecule has 11 heteroatoms. The molecule has 5 aromatic rings. The molecule has 2 amide bonds. The summed E-state index contributed by atoms with van der Waals surface area (Å²) in [7, 11) is 0. The second-order valence-corrected chi connectivity index (χ2v) is 11.4. The number of thiazole rings is 1. The number of hydrazone groups is 1. The Bertz CT molecular complexity index is 1820. The van der Waals surface area contributed by atoms with Crippen molar-refractivity contribution in [1.82, 2.24) is 10.4 Å². The average Bonchev–Trinajstić information content (AvgIpc) is 3.49. The Morgan fingerprint density at radius 2 is 1.75 bits per heavy atom. The molecule has 0 radical (unpaired) electrons. The van der Waals surface area contributed by atoms with Gasteiger partial charge in [-0.15, -0.1) is 11.3 Å². The second-order valence-electron chi connectivity index (χ2n) is 9.72. The number of aromatic nitrogens is 1. The van der Waals surface area contributed by atoms with Crippen molar-refractivity contribution in [2.75, 3.05) is 17.2 Å². The third-order valence-electron chi connectivity index (χ3n) is 6.62. The maximum Gasteiger partial charge on any atom is 0.271 e. The molecule has 1 aromatic heterocycles. The second kappa shape index (κ2) is 14.2. The molecule has 0 aliphatic carbocycles. The fraction of sp³-hybridized carbons (Fsp3) is 0.0909. The van der Waals surface area contributed by atoms with E-state index in [4.69, 9.17) is 27.9 Å². The molecule has 0 aliphatic heterocycles. The van der Waals surface area contributed by atoms with E-state index in [1.165, 1.54) is 17.6 Å². The molecule has 5 rings (SSSR count). The highest BCUT2D eigenvalue weighted by atomic mass is 35.5. The number of amides is 2. The summed E-state index contributed by atoms with van der Waals surface area (Å²) >= 11 is 13.8. The topological polar surface area (TPSA) is 105 Å². The molecule has 44 heavy (non-hydrogen) atoms. The van der Waals surface area contributed by atoms with E-state index in [-0.39, 0.29) is 18.4 Å². The molecule has 8 nitrogen and oxygen atoms in total. The van der Waals surface area contributed by atoms with Crippen molar-refractivity contribution in [3.05, 3.63) is 123 Å². The largest absolute Gasteiger partial charge is 0.482 e. The summed E-state index contributed by atoms with van der Waals surface area (Å²) in [6.45, 7) is 3.74.